The molecule has 1 unspecified atom stereocenters. The fraction of sp³-hybridized carbons (Fsp3) is 0.455. The van der Waals surface area contributed by atoms with E-state index in [1.807, 2.05) is 6.07 Å². The Bertz CT molecular complexity index is 337. The molecule has 15 heavy (non-hydrogen) atoms. The lowest BCUT2D eigenvalue weighted by molar-refractivity contribution is 0.480. The van der Waals surface area contributed by atoms with E-state index in [0.717, 1.165) is 23.8 Å². The smallest absolute Gasteiger partial charge is 0.0648 e. The lowest BCUT2D eigenvalue weighted by atomic mass is 10.1. The Morgan fingerprint density at radius 1 is 1.47 bits per heavy atom. The van der Waals surface area contributed by atoms with Gasteiger partial charge in [0.05, 0.1) is 10.7 Å². The van der Waals surface area contributed by atoms with E-state index in [1.165, 1.54) is 16.4 Å². The van der Waals surface area contributed by atoms with Crippen molar-refractivity contribution >= 4 is 39.9 Å². The molecule has 1 saturated heterocycles. The molecular weight excluding hydrogens is 322 g/mol. The van der Waals surface area contributed by atoms with Crippen molar-refractivity contribution < 1.29 is 0 Å². The summed E-state index contributed by atoms with van der Waals surface area (Å²) >= 11 is 8.43. The van der Waals surface area contributed by atoms with Gasteiger partial charge in [-0.3, -0.25) is 0 Å². The fourth-order valence-electron chi connectivity index (χ4n) is 1.80. The lowest BCUT2D eigenvalue weighted by Gasteiger charge is -2.25. The minimum Gasteiger partial charge on any atom is -0.380 e. The van der Waals surface area contributed by atoms with Gasteiger partial charge in [-0.15, -0.1) is 0 Å². The normalized spacial score (nSPS) is 21.3. The number of anilines is 1. The van der Waals surface area contributed by atoms with Crippen LogP contribution in [0, 0.1) is 3.57 Å². The molecule has 0 saturated carbocycles. The molecular formula is C11H14ClIN2. The number of benzene rings is 1. The number of piperidine rings is 1. The molecule has 0 radical (unpaired) electrons. The van der Waals surface area contributed by atoms with Gasteiger partial charge in [-0.1, -0.05) is 11.6 Å². The fourth-order valence-corrected chi connectivity index (χ4v) is 2.71. The minimum atomic E-state index is 0.510. The van der Waals surface area contributed by atoms with Crippen molar-refractivity contribution in [2.45, 2.75) is 18.9 Å². The van der Waals surface area contributed by atoms with E-state index in [1.54, 1.807) is 0 Å². The SMILES string of the molecule is Clc1cc(I)ccc1NC1CCCNC1. The number of hydrogen-bond acceptors (Lipinski definition) is 2. The van der Waals surface area contributed by atoms with E-state index >= 15 is 0 Å². The molecule has 2 rings (SSSR count). The van der Waals surface area contributed by atoms with E-state index in [0.29, 0.717) is 6.04 Å². The van der Waals surface area contributed by atoms with Gasteiger partial charge in [-0.25, -0.2) is 0 Å². The highest BCUT2D eigenvalue weighted by molar-refractivity contribution is 14.1. The van der Waals surface area contributed by atoms with Gasteiger partial charge >= 0.3 is 0 Å². The van der Waals surface area contributed by atoms with Crippen LogP contribution in [0.25, 0.3) is 0 Å². The first kappa shape index (κ1) is 11.5. The second-order valence-electron chi connectivity index (χ2n) is 3.81. The molecule has 4 heteroatoms. The number of rotatable bonds is 2. The van der Waals surface area contributed by atoms with Gasteiger partial charge in [-0.2, -0.15) is 0 Å². The van der Waals surface area contributed by atoms with Crippen LogP contribution >= 0.6 is 34.2 Å². The Labute approximate surface area is 109 Å². The van der Waals surface area contributed by atoms with Crippen molar-refractivity contribution in [3.05, 3.63) is 26.8 Å². The van der Waals surface area contributed by atoms with Crippen LogP contribution in [0.15, 0.2) is 18.2 Å². The zero-order valence-electron chi connectivity index (χ0n) is 8.39. The molecule has 1 aliphatic rings. The first-order valence-corrected chi connectivity index (χ1v) is 6.63. The third-order valence-corrected chi connectivity index (χ3v) is 3.57. The molecule has 0 amide bonds. The second-order valence-corrected chi connectivity index (χ2v) is 5.46. The van der Waals surface area contributed by atoms with Crippen molar-refractivity contribution in [1.82, 2.24) is 5.32 Å². The maximum absolute atomic E-state index is 6.16. The van der Waals surface area contributed by atoms with Crippen LogP contribution < -0.4 is 10.6 Å². The van der Waals surface area contributed by atoms with Gasteiger partial charge in [0.1, 0.15) is 0 Å². The molecule has 0 bridgehead atoms. The molecule has 0 aliphatic carbocycles. The van der Waals surface area contributed by atoms with Gasteiger partial charge in [0.2, 0.25) is 0 Å². The third-order valence-electron chi connectivity index (χ3n) is 2.59. The van der Waals surface area contributed by atoms with Gasteiger partial charge in [0.15, 0.2) is 0 Å². The summed E-state index contributed by atoms with van der Waals surface area (Å²) in [4.78, 5) is 0. The van der Waals surface area contributed by atoms with Crippen LogP contribution in [0.5, 0.6) is 0 Å². The average Bonchev–Trinajstić information content (AvgIpc) is 2.24. The Morgan fingerprint density at radius 3 is 3.00 bits per heavy atom. The molecule has 1 fully saturated rings. The topological polar surface area (TPSA) is 24.1 Å². The standard InChI is InChI=1S/C11H14ClIN2/c12-10-6-8(13)3-4-11(10)15-9-2-1-5-14-7-9/h3-4,6,9,14-15H,1-2,5,7H2. The Morgan fingerprint density at radius 2 is 2.33 bits per heavy atom. The van der Waals surface area contributed by atoms with Crippen molar-refractivity contribution in [2.75, 3.05) is 18.4 Å². The predicted octanol–water partition coefficient (Wildman–Crippen LogP) is 3.11. The molecule has 0 aromatic heterocycles. The van der Waals surface area contributed by atoms with Crippen molar-refractivity contribution in [3.63, 3.8) is 0 Å². The van der Waals surface area contributed by atoms with Crippen LogP contribution in [0.4, 0.5) is 5.69 Å². The van der Waals surface area contributed by atoms with Crippen molar-refractivity contribution in [2.24, 2.45) is 0 Å². The van der Waals surface area contributed by atoms with E-state index in [9.17, 15) is 0 Å². The molecule has 2 nitrogen and oxygen atoms in total. The molecule has 1 heterocycles. The van der Waals surface area contributed by atoms with Gasteiger partial charge in [0, 0.05) is 16.2 Å². The number of halogens is 2. The Hall–Kier alpha value is -0.000000000000000132. The summed E-state index contributed by atoms with van der Waals surface area (Å²) in [5.41, 5.74) is 1.05. The van der Waals surface area contributed by atoms with E-state index in [2.05, 4.69) is 45.4 Å². The Kier molecular flexibility index (Phi) is 4.11. The molecule has 1 atom stereocenters. The summed E-state index contributed by atoms with van der Waals surface area (Å²) in [5, 5.41) is 7.67. The second kappa shape index (κ2) is 5.37. The molecule has 82 valence electrons. The summed E-state index contributed by atoms with van der Waals surface area (Å²) in [5.74, 6) is 0. The summed E-state index contributed by atoms with van der Waals surface area (Å²) in [7, 11) is 0. The lowest BCUT2D eigenvalue weighted by Crippen LogP contribution is -2.38. The van der Waals surface area contributed by atoms with Crippen molar-refractivity contribution in [1.29, 1.82) is 0 Å². The minimum absolute atomic E-state index is 0.510. The molecule has 2 N–H and O–H groups in total. The number of nitrogens with one attached hydrogen (secondary N) is 2. The first-order valence-electron chi connectivity index (χ1n) is 5.18. The zero-order valence-corrected chi connectivity index (χ0v) is 11.3. The van der Waals surface area contributed by atoms with E-state index in [4.69, 9.17) is 11.6 Å². The summed E-state index contributed by atoms with van der Waals surface area (Å²) in [6.45, 7) is 2.17. The van der Waals surface area contributed by atoms with E-state index in [-0.39, 0.29) is 0 Å². The van der Waals surface area contributed by atoms with Crippen LogP contribution in [-0.2, 0) is 0 Å². The monoisotopic (exact) mass is 336 g/mol. The van der Waals surface area contributed by atoms with Crippen molar-refractivity contribution in [3.8, 4) is 0 Å². The summed E-state index contributed by atoms with van der Waals surface area (Å²) in [6, 6.07) is 6.63. The zero-order chi connectivity index (χ0) is 10.7. The van der Waals surface area contributed by atoms with Gasteiger partial charge in [-0.05, 0) is 60.2 Å². The highest BCUT2D eigenvalue weighted by Crippen LogP contribution is 2.25. The maximum Gasteiger partial charge on any atom is 0.0648 e. The van der Waals surface area contributed by atoms with Crippen LogP contribution in [0.3, 0.4) is 0 Å². The highest BCUT2D eigenvalue weighted by atomic mass is 127. The maximum atomic E-state index is 6.16. The molecule has 1 aromatic carbocycles. The van der Waals surface area contributed by atoms with Crippen LogP contribution in [0.2, 0.25) is 5.02 Å². The summed E-state index contributed by atoms with van der Waals surface area (Å²) < 4.78 is 1.17. The quantitative estimate of drug-likeness (QED) is 0.811. The predicted molar refractivity (Wildman–Crippen MR) is 73.7 cm³/mol. The Balaban J connectivity index is 2.03. The molecule has 1 aliphatic heterocycles. The highest BCUT2D eigenvalue weighted by Gasteiger charge is 2.13. The molecule has 0 spiro atoms. The first-order chi connectivity index (χ1) is 7.25. The molecule has 1 aromatic rings. The largest absolute Gasteiger partial charge is 0.380 e. The number of hydrogen-bond donors (Lipinski definition) is 2. The van der Waals surface area contributed by atoms with E-state index < -0.39 is 0 Å². The summed E-state index contributed by atoms with van der Waals surface area (Å²) in [6.07, 6.45) is 2.45. The third kappa shape index (κ3) is 3.23. The van der Waals surface area contributed by atoms with Gasteiger partial charge < -0.3 is 10.6 Å². The average molecular weight is 337 g/mol. The van der Waals surface area contributed by atoms with Gasteiger partial charge in [0.25, 0.3) is 0 Å². The van der Waals surface area contributed by atoms with Crippen LogP contribution in [0.1, 0.15) is 12.8 Å². The van der Waals surface area contributed by atoms with Crippen LogP contribution in [-0.4, -0.2) is 19.1 Å².